The van der Waals surface area contributed by atoms with Crippen molar-refractivity contribution in [3.8, 4) is 5.75 Å². The van der Waals surface area contributed by atoms with Crippen LogP contribution < -0.4 is 4.74 Å². The molecule has 0 atom stereocenters. The molecule has 0 saturated carbocycles. The maximum atomic E-state index is 11.0. The molecule has 0 amide bonds. The second-order valence-electron chi connectivity index (χ2n) is 8.01. The summed E-state index contributed by atoms with van der Waals surface area (Å²) < 4.78 is 5.85. The second kappa shape index (κ2) is 17.1. The molecule has 4 aromatic rings. The van der Waals surface area contributed by atoms with E-state index in [9.17, 15) is 4.79 Å². The summed E-state index contributed by atoms with van der Waals surface area (Å²) in [5.74, 6) is -0.111. The summed E-state index contributed by atoms with van der Waals surface area (Å²) >= 11 is 0. The second-order valence-corrected chi connectivity index (χ2v) is 8.01. The summed E-state index contributed by atoms with van der Waals surface area (Å²) in [7, 11) is 0. The molecule has 38 heavy (non-hydrogen) atoms. The fourth-order valence-electron chi connectivity index (χ4n) is 3.45. The number of pyridine rings is 1. The number of carbonyl (C=O) groups is 1. The number of carboxylic acid groups (broad SMARTS) is 1. The number of para-hydroxylation sites is 1. The number of hydrogen-bond donors (Lipinski definition) is 1. The number of hydrogen-bond acceptors (Lipinski definition) is 3. The zero-order valence-corrected chi connectivity index (χ0v) is 22.7. The molecule has 196 valence electrons. The van der Waals surface area contributed by atoms with Crippen molar-refractivity contribution in [3.05, 3.63) is 132 Å². The molecule has 0 bridgehead atoms. The smallest absolute Gasteiger partial charge is 0.307 e. The maximum absolute atomic E-state index is 11.0. The Morgan fingerprint density at radius 2 is 1.42 bits per heavy atom. The minimum Gasteiger partial charge on any atom is -0.489 e. The lowest BCUT2D eigenvalue weighted by Crippen LogP contribution is -2.05. The molecule has 0 saturated heterocycles. The molecule has 0 fully saturated rings. The van der Waals surface area contributed by atoms with Crippen LogP contribution in [0.2, 0.25) is 0 Å². The summed E-state index contributed by atoms with van der Waals surface area (Å²) in [6.07, 6.45) is 12.0. The summed E-state index contributed by atoms with van der Waals surface area (Å²) in [6.45, 7) is 8.33. The first kappa shape index (κ1) is 29.8. The van der Waals surface area contributed by atoms with E-state index >= 15 is 0 Å². The highest BCUT2D eigenvalue weighted by Crippen LogP contribution is 2.18. The molecule has 0 spiro atoms. The molecule has 3 aromatic carbocycles. The van der Waals surface area contributed by atoms with Gasteiger partial charge in [0.05, 0.1) is 17.6 Å². The zero-order chi connectivity index (χ0) is 27.6. The zero-order valence-electron chi connectivity index (χ0n) is 22.7. The number of aromatic nitrogens is 1. The van der Waals surface area contributed by atoms with Crippen LogP contribution >= 0.6 is 0 Å². The van der Waals surface area contributed by atoms with Crippen molar-refractivity contribution < 1.29 is 14.6 Å². The number of allylic oxidation sites excluding steroid dienone is 4. The van der Waals surface area contributed by atoms with Crippen molar-refractivity contribution in [2.24, 2.45) is 0 Å². The van der Waals surface area contributed by atoms with E-state index in [0.29, 0.717) is 6.61 Å². The predicted molar refractivity (Wildman–Crippen MR) is 160 cm³/mol. The van der Waals surface area contributed by atoms with Crippen LogP contribution in [0.1, 0.15) is 50.1 Å². The molecule has 0 aliphatic rings. The van der Waals surface area contributed by atoms with E-state index in [2.05, 4.69) is 17.1 Å². The largest absolute Gasteiger partial charge is 0.489 e. The van der Waals surface area contributed by atoms with Gasteiger partial charge in [0.1, 0.15) is 12.4 Å². The van der Waals surface area contributed by atoms with Crippen molar-refractivity contribution in [2.45, 2.75) is 40.7 Å². The van der Waals surface area contributed by atoms with Crippen LogP contribution in [0.25, 0.3) is 23.1 Å². The Labute approximate surface area is 226 Å². The summed E-state index contributed by atoms with van der Waals surface area (Å²) in [6, 6.07) is 27.4. The Kier molecular flexibility index (Phi) is 13.4. The molecule has 1 N–H and O–H groups in total. The minimum absolute atomic E-state index is 0.00786. The number of rotatable bonds is 8. The molecule has 0 radical (unpaired) electrons. The van der Waals surface area contributed by atoms with Gasteiger partial charge < -0.3 is 9.84 Å². The van der Waals surface area contributed by atoms with Crippen LogP contribution in [0.3, 0.4) is 0 Å². The maximum Gasteiger partial charge on any atom is 0.307 e. The first-order valence-corrected chi connectivity index (χ1v) is 12.9. The van der Waals surface area contributed by atoms with Crippen LogP contribution in [0.5, 0.6) is 5.75 Å². The van der Waals surface area contributed by atoms with Crippen LogP contribution in [0.4, 0.5) is 0 Å². The van der Waals surface area contributed by atoms with Gasteiger partial charge in [0, 0.05) is 5.39 Å². The molecule has 0 aliphatic heterocycles. The van der Waals surface area contributed by atoms with E-state index in [1.165, 1.54) is 0 Å². The van der Waals surface area contributed by atoms with Crippen molar-refractivity contribution in [1.82, 2.24) is 4.98 Å². The quantitative estimate of drug-likeness (QED) is 0.242. The van der Waals surface area contributed by atoms with Crippen molar-refractivity contribution >= 4 is 29.0 Å². The third kappa shape index (κ3) is 10.3. The Morgan fingerprint density at radius 3 is 2.08 bits per heavy atom. The number of fused-ring (bicyclic) bond motifs is 1. The lowest BCUT2D eigenvalue weighted by atomic mass is 10.1. The molecular formula is C34H37NO3. The topological polar surface area (TPSA) is 59.4 Å². The summed E-state index contributed by atoms with van der Waals surface area (Å²) in [5.41, 5.74) is 4.58. The van der Waals surface area contributed by atoms with Crippen molar-refractivity contribution in [1.29, 1.82) is 0 Å². The van der Waals surface area contributed by atoms with E-state index in [1.54, 1.807) is 0 Å². The highest BCUT2D eigenvalue weighted by atomic mass is 16.5. The van der Waals surface area contributed by atoms with E-state index in [0.717, 1.165) is 39.0 Å². The van der Waals surface area contributed by atoms with Gasteiger partial charge in [-0.1, -0.05) is 105 Å². The van der Waals surface area contributed by atoms with Gasteiger partial charge in [0.15, 0.2) is 0 Å². The van der Waals surface area contributed by atoms with Crippen molar-refractivity contribution in [2.75, 3.05) is 0 Å². The molecule has 4 heteroatoms. The van der Waals surface area contributed by atoms with E-state index in [1.807, 2.05) is 137 Å². The first-order chi connectivity index (χ1) is 18.6. The molecular weight excluding hydrogens is 470 g/mol. The first-order valence-electron chi connectivity index (χ1n) is 12.9. The van der Waals surface area contributed by atoms with Gasteiger partial charge in [-0.3, -0.25) is 4.79 Å². The van der Waals surface area contributed by atoms with E-state index < -0.39 is 5.97 Å². The minimum atomic E-state index is -0.848. The van der Waals surface area contributed by atoms with Gasteiger partial charge in [-0.15, -0.1) is 0 Å². The van der Waals surface area contributed by atoms with Crippen LogP contribution in [-0.4, -0.2) is 16.1 Å². The lowest BCUT2D eigenvalue weighted by molar-refractivity contribution is -0.136. The standard InChI is InChI=1S/C26H21NO3.C6H10.C2H6/c28-26(29)17-21-6-1-2-7-22(21)18-30-24-15-10-19(11-16-24)9-13-23-14-12-20-5-3-4-8-25(20)27-23;1-3-5-6-4-2;1-2/h1-16H,17-18H2,(H,28,29);3-6H,1-2H3;1-2H3/b13-9+;5-3-,6-4-;. The highest BCUT2D eigenvalue weighted by molar-refractivity contribution is 5.80. The number of nitrogens with zero attached hydrogens (tertiary/aromatic N) is 1. The Bertz CT molecular complexity index is 1340. The fourth-order valence-corrected chi connectivity index (χ4v) is 3.45. The van der Waals surface area contributed by atoms with E-state index in [-0.39, 0.29) is 6.42 Å². The highest BCUT2D eigenvalue weighted by Gasteiger charge is 2.07. The SMILES string of the molecule is C/C=C\C=C/C.CC.O=C(O)Cc1ccccc1COc1ccc(/C=C/c2ccc3ccccc3n2)cc1. The van der Waals surface area contributed by atoms with Crippen LogP contribution in [0, 0.1) is 0 Å². The number of benzene rings is 3. The molecule has 0 unspecified atom stereocenters. The molecule has 1 aromatic heterocycles. The fraction of sp³-hybridized carbons (Fsp3) is 0.176. The average Bonchev–Trinajstić information content (AvgIpc) is 2.96. The Balaban J connectivity index is 0.000000560. The molecule has 4 nitrogen and oxygen atoms in total. The Hall–Kier alpha value is -4.44. The van der Waals surface area contributed by atoms with Gasteiger partial charge in [-0.2, -0.15) is 0 Å². The predicted octanol–water partition coefficient (Wildman–Crippen LogP) is 8.78. The third-order valence-corrected chi connectivity index (χ3v) is 5.30. The van der Waals surface area contributed by atoms with Crippen LogP contribution in [0.15, 0.2) is 109 Å². The Morgan fingerprint density at radius 1 is 0.789 bits per heavy atom. The molecule has 4 rings (SSSR count). The van der Waals surface area contributed by atoms with Crippen LogP contribution in [-0.2, 0) is 17.8 Å². The van der Waals surface area contributed by atoms with Crippen molar-refractivity contribution in [3.63, 3.8) is 0 Å². The average molecular weight is 508 g/mol. The molecule has 0 aliphatic carbocycles. The van der Waals surface area contributed by atoms with Gasteiger partial charge in [-0.05, 0) is 60.9 Å². The lowest BCUT2D eigenvalue weighted by Gasteiger charge is -2.10. The normalized spacial score (nSPS) is 10.7. The number of carboxylic acids is 1. The van der Waals surface area contributed by atoms with Gasteiger partial charge >= 0.3 is 5.97 Å². The third-order valence-electron chi connectivity index (χ3n) is 5.30. The monoisotopic (exact) mass is 507 g/mol. The number of aliphatic carboxylic acids is 1. The van der Waals surface area contributed by atoms with Gasteiger partial charge in [0.25, 0.3) is 0 Å². The van der Waals surface area contributed by atoms with E-state index in [4.69, 9.17) is 9.84 Å². The molecule has 1 heterocycles. The number of ether oxygens (including phenoxy) is 1. The summed E-state index contributed by atoms with van der Waals surface area (Å²) in [4.78, 5) is 15.7. The van der Waals surface area contributed by atoms with Gasteiger partial charge in [-0.25, -0.2) is 4.98 Å². The van der Waals surface area contributed by atoms with Gasteiger partial charge in [0.2, 0.25) is 0 Å². The summed E-state index contributed by atoms with van der Waals surface area (Å²) in [5, 5.41) is 10.2.